The van der Waals surface area contributed by atoms with E-state index in [9.17, 15) is 4.79 Å². The summed E-state index contributed by atoms with van der Waals surface area (Å²) in [5, 5.41) is 0.886. The third-order valence-corrected chi connectivity index (χ3v) is 12.2. The molecule has 3 fully saturated rings. The van der Waals surface area contributed by atoms with Gasteiger partial charge in [0.1, 0.15) is 6.10 Å². The molecule has 38 heavy (non-hydrogen) atoms. The summed E-state index contributed by atoms with van der Waals surface area (Å²) in [6.45, 7) is 12.5. The second-order valence-corrected chi connectivity index (χ2v) is 15.0. The zero-order valence-electron chi connectivity index (χ0n) is 24.2. The van der Waals surface area contributed by atoms with Gasteiger partial charge in [-0.2, -0.15) is 0 Å². The van der Waals surface area contributed by atoms with Crippen LogP contribution >= 0.6 is 23.2 Å². The van der Waals surface area contributed by atoms with Crippen LogP contribution in [0.5, 0.6) is 0 Å². The first-order valence-corrected chi connectivity index (χ1v) is 16.1. The van der Waals surface area contributed by atoms with Crippen LogP contribution in [0.3, 0.4) is 0 Å². The monoisotopic (exact) mass is 558 g/mol. The Bertz CT molecular complexity index is 1060. The third kappa shape index (κ3) is 5.23. The number of allylic oxidation sites excluding steroid dienone is 1. The van der Waals surface area contributed by atoms with Crippen LogP contribution in [-0.4, -0.2) is 12.1 Å². The summed E-state index contributed by atoms with van der Waals surface area (Å²) in [5.74, 6) is 4.71. The van der Waals surface area contributed by atoms with E-state index in [1.807, 2.05) is 0 Å². The van der Waals surface area contributed by atoms with E-state index in [-0.39, 0.29) is 17.5 Å². The van der Waals surface area contributed by atoms with E-state index in [0.29, 0.717) is 21.0 Å². The first kappa shape index (κ1) is 28.5. The van der Waals surface area contributed by atoms with Gasteiger partial charge < -0.3 is 4.74 Å². The molecule has 0 radical (unpaired) electrons. The SMILES string of the molecule is CC(C)CCC[C@H](C)[C@H]1CC[C@H]2[C@H]3CC=C4C[C@@H](OC(=O)c5ccc(Cl)cc5Cl)CC[C@]4(C)[C@H]3CC[C@]12C. The molecule has 0 spiro atoms. The molecular formula is C34H48Cl2O2. The van der Waals surface area contributed by atoms with E-state index in [1.165, 1.54) is 51.4 Å². The standard InChI is InChI=1S/C34H48Cl2O2/c1-21(2)7-6-8-22(3)28-13-14-29-26-11-9-23-19-25(38-32(37)27-12-10-24(35)20-31(27)36)15-17-33(23,4)30(26)16-18-34(28,29)5/h9-10,12,20-22,25-26,28-30H,6-8,11,13-19H2,1-5H3/t22-,25-,26+,28+,29-,30-,33-,34+/m0/s1. The Morgan fingerprint density at radius 3 is 2.55 bits per heavy atom. The second-order valence-electron chi connectivity index (χ2n) is 14.2. The van der Waals surface area contributed by atoms with Crippen LogP contribution in [0.1, 0.15) is 116 Å². The molecule has 4 aliphatic rings. The Morgan fingerprint density at radius 2 is 1.82 bits per heavy atom. The minimum absolute atomic E-state index is 0.0680. The van der Waals surface area contributed by atoms with E-state index in [0.717, 1.165) is 54.8 Å². The highest BCUT2D eigenvalue weighted by Crippen LogP contribution is 2.67. The number of carbonyl (C=O) groups is 1. The van der Waals surface area contributed by atoms with E-state index >= 15 is 0 Å². The topological polar surface area (TPSA) is 26.3 Å². The molecular weight excluding hydrogens is 511 g/mol. The van der Waals surface area contributed by atoms with Crippen molar-refractivity contribution in [1.82, 2.24) is 0 Å². The van der Waals surface area contributed by atoms with Gasteiger partial charge in [0.15, 0.2) is 0 Å². The van der Waals surface area contributed by atoms with Gasteiger partial charge in [-0.3, -0.25) is 0 Å². The number of carbonyl (C=O) groups excluding carboxylic acids is 1. The Hall–Kier alpha value is -0.990. The molecule has 4 aliphatic carbocycles. The Morgan fingerprint density at radius 1 is 1.03 bits per heavy atom. The van der Waals surface area contributed by atoms with Gasteiger partial charge in [0.05, 0.1) is 10.6 Å². The van der Waals surface area contributed by atoms with E-state index in [4.69, 9.17) is 27.9 Å². The van der Waals surface area contributed by atoms with Gasteiger partial charge in [-0.15, -0.1) is 0 Å². The predicted molar refractivity (Wildman–Crippen MR) is 159 cm³/mol. The molecule has 5 rings (SSSR count). The average molecular weight is 560 g/mol. The molecule has 2 nitrogen and oxygen atoms in total. The zero-order chi connectivity index (χ0) is 27.2. The van der Waals surface area contributed by atoms with E-state index in [2.05, 4.69) is 40.7 Å². The van der Waals surface area contributed by atoms with Crippen molar-refractivity contribution < 1.29 is 9.53 Å². The van der Waals surface area contributed by atoms with Crippen molar-refractivity contribution in [3.63, 3.8) is 0 Å². The van der Waals surface area contributed by atoms with Crippen LogP contribution in [0.15, 0.2) is 29.8 Å². The first-order chi connectivity index (χ1) is 18.0. The molecule has 0 unspecified atom stereocenters. The lowest BCUT2D eigenvalue weighted by atomic mass is 9.47. The molecule has 3 saturated carbocycles. The van der Waals surface area contributed by atoms with E-state index < -0.39 is 0 Å². The fraction of sp³-hybridized carbons (Fsp3) is 0.735. The highest BCUT2D eigenvalue weighted by Gasteiger charge is 2.59. The maximum Gasteiger partial charge on any atom is 0.339 e. The van der Waals surface area contributed by atoms with Crippen LogP contribution < -0.4 is 0 Å². The molecule has 0 heterocycles. The number of halogens is 2. The summed E-state index contributed by atoms with van der Waals surface area (Å²) in [5.41, 5.74) is 2.73. The number of fused-ring (bicyclic) bond motifs is 5. The van der Waals surface area contributed by atoms with Gasteiger partial charge >= 0.3 is 5.97 Å². The van der Waals surface area contributed by atoms with Crippen LogP contribution in [0, 0.1) is 46.3 Å². The number of hydrogen-bond donors (Lipinski definition) is 0. The molecule has 1 aromatic carbocycles. The van der Waals surface area contributed by atoms with E-state index in [1.54, 1.807) is 23.8 Å². The highest BCUT2D eigenvalue weighted by atomic mass is 35.5. The summed E-state index contributed by atoms with van der Waals surface area (Å²) < 4.78 is 5.99. The Labute approximate surface area is 241 Å². The molecule has 0 aliphatic heterocycles. The fourth-order valence-corrected chi connectivity index (χ4v) is 10.1. The molecule has 0 saturated heterocycles. The number of hydrogen-bond acceptors (Lipinski definition) is 2. The quantitative estimate of drug-likeness (QED) is 0.245. The van der Waals surface area contributed by atoms with Crippen LogP contribution in [0.2, 0.25) is 10.0 Å². The Kier molecular flexibility index (Phi) is 8.35. The van der Waals surface area contributed by atoms with Crippen molar-refractivity contribution in [2.45, 2.75) is 111 Å². The lowest BCUT2D eigenvalue weighted by Crippen LogP contribution is -2.51. The number of esters is 1. The lowest BCUT2D eigenvalue weighted by molar-refractivity contribution is -0.0594. The fourth-order valence-electron chi connectivity index (χ4n) is 9.62. The maximum absolute atomic E-state index is 12.9. The molecule has 210 valence electrons. The zero-order valence-corrected chi connectivity index (χ0v) is 25.7. The summed E-state index contributed by atoms with van der Waals surface area (Å²) in [4.78, 5) is 12.9. The average Bonchev–Trinajstić information content (AvgIpc) is 3.21. The lowest BCUT2D eigenvalue weighted by Gasteiger charge is -2.58. The normalized spacial score (nSPS) is 37.2. The van der Waals surface area contributed by atoms with Gasteiger partial charge in [0.25, 0.3) is 0 Å². The molecule has 0 N–H and O–H groups in total. The highest BCUT2D eigenvalue weighted by molar-refractivity contribution is 6.36. The Balaban J connectivity index is 1.25. The molecule has 0 aromatic heterocycles. The van der Waals surface area contributed by atoms with Crippen LogP contribution in [0.25, 0.3) is 0 Å². The van der Waals surface area contributed by atoms with Crippen molar-refractivity contribution in [3.8, 4) is 0 Å². The summed E-state index contributed by atoms with van der Waals surface area (Å²) >= 11 is 12.3. The van der Waals surface area contributed by atoms with Gasteiger partial charge in [-0.25, -0.2) is 4.79 Å². The summed E-state index contributed by atoms with van der Waals surface area (Å²) in [7, 11) is 0. The largest absolute Gasteiger partial charge is 0.458 e. The van der Waals surface area contributed by atoms with Gasteiger partial charge in [-0.1, -0.05) is 88.7 Å². The molecule has 8 atom stereocenters. The van der Waals surface area contributed by atoms with Crippen molar-refractivity contribution in [3.05, 3.63) is 45.5 Å². The van der Waals surface area contributed by atoms with Crippen molar-refractivity contribution in [2.75, 3.05) is 0 Å². The van der Waals surface area contributed by atoms with Crippen molar-refractivity contribution >= 4 is 29.2 Å². The molecule has 1 aromatic rings. The maximum atomic E-state index is 12.9. The van der Waals surface area contributed by atoms with Crippen molar-refractivity contribution in [2.24, 2.45) is 46.3 Å². The summed E-state index contributed by atoms with van der Waals surface area (Å²) in [6.07, 6.45) is 16.4. The van der Waals surface area contributed by atoms with Crippen molar-refractivity contribution in [1.29, 1.82) is 0 Å². The third-order valence-electron chi connectivity index (χ3n) is 11.7. The van der Waals surface area contributed by atoms with Crippen LogP contribution in [-0.2, 0) is 4.74 Å². The van der Waals surface area contributed by atoms with Gasteiger partial charge in [0, 0.05) is 11.4 Å². The smallest absolute Gasteiger partial charge is 0.339 e. The first-order valence-electron chi connectivity index (χ1n) is 15.4. The summed E-state index contributed by atoms with van der Waals surface area (Å²) in [6, 6.07) is 4.98. The van der Waals surface area contributed by atoms with Gasteiger partial charge in [0.2, 0.25) is 0 Å². The second kappa shape index (κ2) is 11.1. The van der Waals surface area contributed by atoms with Gasteiger partial charge in [-0.05, 0) is 109 Å². The number of ether oxygens (including phenoxy) is 1. The van der Waals surface area contributed by atoms with Crippen LogP contribution in [0.4, 0.5) is 0 Å². The number of rotatable bonds is 7. The molecule has 0 amide bonds. The number of benzene rings is 1. The predicted octanol–water partition coefficient (Wildman–Crippen LogP) is 10.6. The molecule has 4 heteroatoms. The molecule has 0 bridgehead atoms. The minimum Gasteiger partial charge on any atom is -0.458 e. The minimum atomic E-state index is -0.331.